The van der Waals surface area contributed by atoms with Gasteiger partial charge in [-0.2, -0.15) is 0 Å². The van der Waals surface area contributed by atoms with Gasteiger partial charge in [-0.1, -0.05) is 0 Å². The molecule has 1 saturated heterocycles. The van der Waals surface area contributed by atoms with Gasteiger partial charge in [0.2, 0.25) is 5.91 Å². The second-order valence-corrected chi connectivity index (χ2v) is 10.9. The van der Waals surface area contributed by atoms with Crippen molar-refractivity contribution in [3.63, 3.8) is 0 Å². The fourth-order valence-corrected chi connectivity index (χ4v) is 4.72. The second-order valence-electron chi connectivity index (χ2n) is 10.9. The lowest BCUT2D eigenvalue weighted by Crippen LogP contribution is -2.43. The summed E-state index contributed by atoms with van der Waals surface area (Å²) >= 11 is 0. The standard InChI is InChI=1S/C28H35F2N5O2/c1-18(2)33-11-6-12-34(14-13-33)20-8-10-24-21(16-20)27(37)35(17-25(36)32-28(3,4)5)26(31-24)19-7-9-22(29)23(30)15-19/h7-10,15-16,18H,6,11-14,17H2,1-5H3,(H,32,36). The lowest BCUT2D eigenvalue weighted by atomic mass is 10.1. The van der Waals surface area contributed by atoms with Crippen molar-refractivity contribution >= 4 is 22.5 Å². The number of hydrogen-bond acceptors (Lipinski definition) is 5. The predicted octanol–water partition coefficient (Wildman–Crippen LogP) is 4.18. The van der Waals surface area contributed by atoms with Crippen LogP contribution in [0.5, 0.6) is 0 Å². The number of nitrogens with zero attached hydrogens (tertiary/aromatic N) is 4. The van der Waals surface area contributed by atoms with Crippen molar-refractivity contribution in [3.05, 3.63) is 58.4 Å². The van der Waals surface area contributed by atoms with E-state index in [9.17, 15) is 18.4 Å². The molecule has 2 heterocycles. The van der Waals surface area contributed by atoms with Crippen molar-refractivity contribution in [2.24, 2.45) is 0 Å². The summed E-state index contributed by atoms with van der Waals surface area (Å²) in [6.07, 6.45) is 1.01. The van der Waals surface area contributed by atoms with E-state index >= 15 is 0 Å². The summed E-state index contributed by atoms with van der Waals surface area (Å²) in [6.45, 7) is 13.3. The zero-order valence-corrected chi connectivity index (χ0v) is 22.1. The number of halogens is 2. The number of benzene rings is 2. The summed E-state index contributed by atoms with van der Waals surface area (Å²) in [7, 11) is 0. The maximum absolute atomic E-state index is 14.1. The van der Waals surface area contributed by atoms with Gasteiger partial charge in [0.15, 0.2) is 11.6 Å². The molecule has 0 spiro atoms. The first-order valence-corrected chi connectivity index (χ1v) is 12.7. The molecule has 1 aliphatic heterocycles. The van der Waals surface area contributed by atoms with Gasteiger partial charge in [0.25, 0.3) is 5.56 Å². The third-order valence-corrected chi connectivity index (χ3v) is 6.56. The molecular formula is C28H35F2N5O2. The van der Waals surface area contributed by atoms with Crippen LogP contribution in [0.15, 0.2) is 41.2 Å². The van der Waals surface area contributed by atoms with Gasteiger partial charge in [0.1, 0.15) is 12.4 Å². The Balaban J connectivity index is 1.79. The van der Waals surface area contributed by atoms with Crippen LogP contribution < -0.4 is 15.8 Å². The first-order valence-electron chi connectivity index (χ1n) is 12.7. The molecule has 37 heavy (non-hydrogen) atoms. The van der Waals surface area contributed by atoms with Gasteiger partial charge in [-0.3, -0.25) is 19.1 Å². The average Bonchev–Trinajstić information content (AvgIpc) is 3.08. The van der Waals surface area contributed by atoms with Crippen LogP contribution in [0.4, 0.5) is 14.5 Å². The van der Waals surface area contributed by atoms with E-state index in [1.807, 2.05) is 32.9 Å². The van der Waals surface area contributed by atoms with Gasteiger partial charge in [-0.25, -0.2) is 13.8 Å². The average molecular weight is 512 g/mol. The van der Waals surface area contributed by atoms with E-state index in [-0.39, 0.29) is 23.8 Å². The number of fused-ring (bicyclic) bond motifs is 1. The van der Waals surface area contributed by atoms with Crippen LogP contribution in [-0.4, -0.2) is 58.1 Å². The molecular weight excluding hydrogens is 476 g/mol. The molecule has 0 atom stereocenters. The quantitative estimate of drug-likeness (QED) is 0.557. The number of nitrogens with one attached hydrogen (secondary N) is 1. The molecule has 4 rings (SSSR count). The lowest BCUT2D eigenvalue weighted by Gasteiger charge is -2.26. The Hall–Kier alpha value is -3.33. The maximum Gasteiger partial charge on any atom is 0.262 e. The van der Waals surface area contributed by atoms with Crippen LogP contribution in [-0.2, 0) is 11.3 Å². The normalized spacial score (nSPS) is 15.3. The topological polar surface area (TPSA) is 70.5 Å². The molecule has 198 valence electrons. The molecule has 0 bridgehead atoms. The minimum Gasteiger partial charge on any atom is -0.370 e. The summed E-state index contributed by atoms with van der Waals surface area (Å²) < 4.78 is 29.0. The lowest BCUT2D eigenvalue weighted by molar-refractivity contribution is -0.123. The number of aromatic nitrogens is 2. The van der Waals surface area contributed by atoms with Crippen LogP contribution in [0.2, 0.25) is 0 Å². The van der Waals surface area contributed by atoms with Crippen LogP contribution in [0.25, 0.3) is 22.3 Å². The monoisotopic (exact) mass is 511 g/mol. The Morgan fingerprint density at radius 1 is 1.03 bits per heavy atom. The van der Waals surface area contributed by atoms with Crippen LogP contribution >= 0.6 is 0 Å². The Kier molecular flexibility index (Phi) is 7.64. The van der Waals surface area contributed by atoms with Gasteiger partial charge in [0.05, 0.1) is 10.9 Å². The van der Waals surface area contributed by atoms with E-state index < -0.39 is 22.7 Å². The zero-order valence-electron chi connectivity index (χ0n) is 22.1. The Morgan fingerprint density at radius 2 is 1.78 bits per heavy atom. The molecule has 0 saturated carbocycles. The molecule has 1 amide bonds. The minimum atomic E-state index is -1.05. The zero-order chi connectivity index (χ0) is 26.9. The van der Waals surface area contributed by atoms with Crippen LogP contribution in [0.1, 0.15) is 41.0 Å². The minimum absolute atomic E-state index is 0.107. The molecule has 1 fully saturated rings. The molecule has 2 aromatic carbocycles. The highest BCUT2D eigenvalue weighted by molar-refractivity contribution is 5.84. The van der Waals surface area contributed by atoms with Gasteiger partial charge in [0, 0.05) is 49.0 Å². The number of carbonyl (C=O) groups excluding carboxylic acids is 1. The number of rotatable bonds is 5. The molecule has 0 radical (unpaired) electrons. The van der Waals surface area contributed by atoms with Crippen LogP contribution in [0, 0.1) is 11.6 Å². The maximum atomic E-state index is 14.1. The van der Waals surface area contributed by atoms with E-state index in [4.69, 9.17) is 0 Å². The molecule has 0 aliphatic carbocycles. The van der Waals surface area contributed by atoms with Gasteiger partial charge < -0.3 is 10.2 Å². The molecule has 1 aromatic heterocycles. The first kappa shape index (κ1) is 26.7. The van der Waals surface area contributed by atoms with Crippen molar-refractivity contribution in [2.75, 3.05) is 31.1 Å². The molecule has 9 heteroatoms. The smallest absolute Gasteiger partial charge is 0.262 e. The fourth-order valence-electron chi connectivity index (χ4n) is 4.72. The molecule has 1 N–H and O–H groups in total. The van der Waals surface area contributed by atoms with Crippen molar-refractivity contribution in [1.82, 2.24) is 19.8 Å². The van der Waals surface area contributed by atoms with E-state index in [1.165, 1.54) is 10.6 Å². The molecule has 0 unspecified atom stereocenters. The van der Waals surface area contributed by atoms with Gasteiger partial charge >= 0.3 is 0 Å². The number of hydrogen-bond donors (Lipinski definition) is 1. The number of amides is 1. The van der Waals surface area contributed by atoms with E-state index in [2.05, 4.69) is 33.9 Å². The summed E-state index contributed by atoms with van der Waals surface area (Å²) in [5, 5.41) is 3.22. The molecule has 7 nitrogen and oxygen atoms in total. The SMILES string of the molecule is CC(C)N1CCCN(c2ccc3nc(-c4ccc(F)c(F)c4)n(CC(=O)NC(C)(C)C)c(=O)c3c2)CC1. The van der Waals surface area contributed by atoms with E-state index in [1.54, 1.807) is 6.07 Å². The second kappa shape index (κ2) is 10.6. The highest BCUT2D eigenvalue weighted by Crippen LogP contribution is 2.25. The van der Waals surface area contributed by atoms with Crippen molar-refractivity contribution < 1.29 is 13.6 Å². The van der Waals surface area contributed by atoms with Crippen LogP contribution in [0.3, 0.4) is 0 Å². The largest absolute Gasteiger partial charge is 0.370 e. The van der Waals surface area contributed by atoms with Crippen molar-refractivity contribution in [2.45, 2.75) is 59.2 Å². The van der Waals surface area contributed by atoms with Crippen molar-refractivity contribution in [1.29, 1.82) is 0 Å². The Bertz CT molecular complexity index is 1360. The fraction of sp³-hybridized carbons (Fsp3) is 0.464. The first-order chi connectivity index (χ1) is 17.4. The third-order valence-electron chi connectivity index (χ3n) is 6.56. The van der Waals surface area contributed by atoms with Crippen molar-refractivity contribution in [3.8, 4) is 11.4 Å². The number of anilines is 1. The van der Waals surface area contributed by atoms with Gasteiger partial charge in [-0.05, 0) is 77.4 Å². The summed E-state index contributed by atoms with van der Waals surface area (Å²) in [5.41, 5.74) is 0.653. The molecule has 3 aromatic rings. The Labute approximate surface area is 216 Å². The van der Waals surface area contributed by atoms with E-state index in [0.717, 1.165) is 50.4 Å². The number of carbonyl (C=O) groups is 1. The highest BCUT2D eigenvalue weighted by atomic mass is 19.2. The highest BCUT2D eigenvalue weighted by Gasteiger charge is 2.21. The Morgan fingerprint density at radius 3 is 2.46 bits per heavy atom. The van der Waals surface area contributed by atoms with E-state index in [0.29, 0.717) is 16.9 Å². The molecule has 1 aliphatic rings. The predicted molar refractivity (Wildman–Crippen MR) is 143 cm³/mol. The van der Waals surface area contributed by atoms with Gasteiger partial charge in [-0.15, -0.1) is 0 Å². The summed E-state index contributed by atoms with van der Waals surface area (Å²) in [4.78, 5) is 35.9. The third kappa shape index (κ3) is 6.15. The summed E-state index contributed by atoms with van der Waals surface area (Å²) in [6, 6.07) is 9.35. The summed E-state index contributed by atoms with van der Waals surface area (Å²) in [5.74, 6) is -2.32.